The monoisotopic (exact) mass is 419 g/mol. The number of ether oxygens (including phenoxy) is 1. The predicted octanol–water partition coefficient (Wildman–Crippen LogP) is 4.82. The van der Waals surface area contributed by atoms with Crippen molar-refractivity contribution in [2.75, 3.05) is 18.2 Å². The first-order valence-electron chi connectivity index (χ1n) is 8.69. The third-order valence-corrected chi connectivity index (χ3v) is 5.07. The summed E-state index contributed by atoms with van der Waals surface area (Å²) in [6.45, 7) is 3.31. The Kier molecular flexibility index (Phi) is 8.08. The molecular formula is C21H22ClNO4S. The number of rotatable bonds is 8. The van der Waals surface area contributed by atoms with Gasteiger partial charge in [-0.2, -0.15) is 0 Å². The lowest BCUT2D eigenvalue weighted by Crippen LogP contribution is -2.21. The molecule has 2 rings (SSSR count). The number of hydrogen-bond acceptors (Lipinski definition) is 5. The van der Waals surface area contributed by atoms with E-state index in [9.17, 15) is 14.4 Å². The van der Waals surface area contributed by atoms with Gasteiger partial charge in [-0.15, -0.1) is 11.8 Å². The second kappa shape index (κ2) is 10.3. The van der Waals surface area contributed by atoms with Crippen molar-refractivity contribution in [3.63, 3.8) is 0 Å². The molecule has 0 saturated carbocycles. The minimum Gasteiger partial charge on any atom is -0.456 e. The van der Waals surface area contributed by atoms with Gasteiger partial charge in [0.05, 0.1) is 17.1 Å². The summed E-state index contributed by atoms with van der Waals surface area (Å²) in [4.78, 5) is 37.0. The maximum atomic E-state index is 12.1. The van der Waals surface area contributed by atoms with Crippen LogP contribution in [0.25, 0.3) is 0 Å². The number of nitrogens with one attached hydrogen (secondary N) is 1. The molecule has 0 saturated heterocycles. The van der Waals surface area contributed by atoms with Crippen LogP contribution in [-0.2, 0) is 14.3 Å². The summed E-state index contributed by atoms with van der Waals surface area (Å²) in [6, 6.07) is 10.8. The molecule has 0 aliphatic heterocycles. The summed E-state index contributed by atoms with van der Waals surface area (Å²) in [5, 5.41) is 3.07. The highest BCUT2D eigenvalue weighted by atomic mass is 35.5. The van der Waals surface area contributed by atoms with E-state index in [0.29, 0.717) is 16.3 Å². The first-order valence-corrected chi connectivity index (χ1v) is 10.3. The van der Waals surface area contributed by atoms with Gasteiger partial charge >= 0.3 is 5.97 Å². The van der Waals surface area contributed by atoms with E-state index in [2.05, 4.69) is 5.32 Å². The average Bonchev–Trinajstić information content (AvgIpc) is 2.67. The summed E-state index contributed by atoms with van der Waals surface area (Å²) in [5.41, 5.74) is 2.85. The number of aryl methyl sites for hydroxylation is 2. The van der Waals surface area contributed by atoms with E-state index in [1.165, 1.54) is 0 Å². The smallest absolute Gasteiger partial charge is 0.306 e. The van der Waals surface area contributed by atoms with Gasteiger partial charge in [0.1, 0.15) is 0 Å². The molecule has 0 aliphatic carbocycles. The Morgan fingerprint density at radius 3 is 2.36 bits per heavy atom. The zero-order valence-corrected chi connectivity index (χ0v) is 17.6. The van der Waals surface area contributed by atoms with E-state index in [-0.39, 0.29) is 18.6 Å². The predicted molar refractivity (Wildman–Crippen MR) is 112 cm³/mol. The molecule has 7 heteroatoms. The first kappa shape index (κ1) is 22.0. The Balaban J connectivity index is 1.78. The quantitative estimate of drug-likeness (QED) is 0.377. The van der Waals surface area contributed by atoms with Crippen molar-refractivity contribution in [1.82, 2.24) is 0 Å². The number of halogens is 1. The molecule has 2 aromatic rings. The second-order valence-electron chi connectivity index (χ2n) is 6.30. The van der Waals surface area contributed by atoms with Crippen LogP contribution >= 0.6 is 23.4 Å². The molecule has 148 valence electrons. The summed E-state index contributed by atoms with van der Waals surface area (Å²) >= 11 is 7.73. The number of amides is 1. The molecule has 1 N–H and O–H groups in total. The molecule has 0 unspecified atom stereocenters. The Hall–Kier alpha value is -2.31. The minimum atomic E-state index is -0.601. The zero-order valence-electron chi connectivity index (χ0n) is 16.0. The molecule has 0 bridgehead atoms. The fourth-order valence-corrected chi connectivity index (χ4v) is 3.38. The van der Waals surface area contributed by atoms with Crippen molar-refractivity contribution >= 4 is 46.7 Å². The van der Waals surface area contributed by atoms with Crippen LogP contribution in [0.15, 0.2) is 41.3 Å². The lowest BCUT2D eigenvalue weighted by Gasteiger charge is -2.11. The number of carbonyl (C=O) groups excluding carboxylic acids is 3. The second-order valence-corrected chi connectivity index (χ2v) is 7.59. The molecule has 1 amide bonds. The fourth-order valence-electron chi connectivity index (χ4n) is 2.60. The maximum Gasteiger partial charge on any atom is 0.306 e. The molecule has 28 heavy (non-hydrogen) atoms. The third-order valence-electron chi connectivity index (χ3n) is 4.03. The highest BCUT2D eigenvalue weighted by Crippen LogP contribution is 2.27. The summed E-state index contributed by atoms with van der Waals surface area (Å²) in [6.07, 6.45) is 1.90. The molecule has 0 aromatic heterocycles. The zero-order chi connectivity index (χ0) is 20.7. The van der Waals surface area contributed by atoms with Gasteiger partial charge in [0.2, 0.25) is 0 Å². The number of ketones is 1. The van der Waals surface area contributed by atoms with Gasteiger partial charge in [0.25, 0.3) is 5.91 Å². The highest BCUT2D eigenvalue weighted by molar-refractivity contribution is 7.98. The number of anilines is 1. The fraction of sp³-hybridized carbons (Fsp3) is 0.286. The first-order chi connectivity index (χ1) is 13.3. The third kappa shape index (κ3) is 6.39. The van der Waals surface area contributed by atoms with Crippen molar-refractivity contribution in [3.8, 4) is 0 Å². The topological polar surface area (TPSA) is 72.5 Å². The Morgan fingerprint density at radius 1 is 1.07 bits per heavy atom. The van der Waals surface area contributed by atoms with Crippen LogP contribution in [0.1, 0.15) is 34.3 Å². The number of carbonyl (C=O) groups is 3. The van der Waals surface area contributed by atoms with Gasteiger partial charge in [-0.3, -0.25) is 14.4 Å². The standard InChI is InChI=1S/C21H22ClNO4S/c1-13-10-14(2)21(17(22)11-13)23-19(25)12-27-20(26)9-8-18(24)15-4-6-16(28-3)7-5-15/h4-7,10-11H,8-9,12H2,1-3H3,(H,23,25). The molecule has 0 spiro atoms. The van der Waals surface area contributed by atoms with Crippen LogP contribution in [0.2, 0.25) is 5.02 Å². The summed E-state index contributed by atoms with van der Waals surface area (Å²) in [7, 11) is 0. The van der Waals surface area contributed by atoms with Crippen LogP contribution in [0.3, 0.4) is 0 Å². The molecule has 0 fully saturated rings. The molecule has 2 aromatic carbocycles. The number of thioether (sulfide) groups is 1. The van der Waals surface area contributed by atoms with Gasteiger partial charge in [-0.25, -0.2) is 0 Å². The normalized spacial score (nSPS) is 10.4. The van der Waals surface area contributed by atoms with Crippen LogP contribution in [-0.4, -0.2) is 30.5 Å². The van der Waals surface area contributed by atoms with E-state index in [1.807, 2.05) is 38.3 Å². The number of benzene rings is 2. The molecule has 5 nitrogen and oxygen atoms in total. The van der Waals surface area contributed by atoms with Crippen molar-refractivity contribution in [2.45, 2.75) is 31.6 Å². The summed E-state index contributed by atoms with van der Waals surface area (Å²) in [5.74, 6) is -1.23. The Bertz CT molecular complexity index is 857. The van der Waals surface area contributed by atoms with Crippen molar-refractivity contribution in [2.24, 2.45) is 0 Å². The average molecular weight is 420 g/mol. The summed E-state index contributed by atoms with van der Waals surface area (Å²) < 4.78 is 4.95. The van der Waals surface area contributed by atoms with Crippen molar-refractivity contribution in [3.05, 3.63) is 58.1 Å². The van der Waals surface area contributed by atoms with E-state index in [1.54, 1.807) is 30.0 Å². The van der Waals surface area contributed by atoms with Gasteiger partial charge < -0.3 is 10.1 Å². The van der Waals surface area contributed by atoms with Crippen LogP contribution in [0.4, 0.5) is 5.69 Å². The van der Waals surface area contributed by atoms with Gasteiger partial charge in [0, 0.05) is 16.9 Å². The van der Waals surface area contributed by atoms with Crippen molar-refractivity contribution in [1.29, 1.82) is 0 Å². The molecule has 0 aliphatic rings. The minimum absolute atomic E-state index is 0.0297. The number of hydrogen-bond donors (Lipinski definition) is 1. The molecule has 0 atom stereocenters. The van der Waals surface area contributed by atoms with E-state index in [4.69, 9.17) is 16.3 Å². The molecular weight excluding hydrogens is 398 g/mol. The number of esters is 1. The Labute approximate surface area is 173 Å². The van der Waals surface area contributed by atoms with E-state index < -0.39 is 18.5 Å². The van der Waals surface area contributed by atoms with Gasteiger partial charge in [-0.1, -0.05) is 29.8 Å². The molecule has 0 radical (unpaired) electrons. The van der Waals surface area contributed by atoms with Crippen LogP contribution in [0.5, 0.6) is 0 Å². The van der Waals surface area contributed by atoms with Crippen LogP contribution in [0, 0.1) is 13.8 Å². The van der Waals surface area contributed by atoms with Gasteiger partial charge in [0.15, 0.2) is 12.4 Å². The highest BCUT2D eigenvalue weighted by Gasteiger charge is 2.14. The van der Waals surface area contributed by atoms with Crippen LogP contribution < -0.4 is 5.32 Å². The lowest BCUT2D eigenvalue weighted by atomic mass is 10.1. The SMILES string of the molecule is CSc1ccc(C(=O)CCC(=O)OCC(=O)Nc2c(C)cc(C)cc2Cl)cc1. The van der Waals surface area contributed by atoms with Crippen molar-refractivity contribution < 1.29 is 19.1 Å². The number of Topliss-reactive ketones (excluding diaryl/α,β-unsaturated/α-hetero) is 1. The maximum absolute atomic E-state index is 12.1. The Morgan fingerprint density at radius 2 is 1.75 bits per heavy atom. The van der Waals surface area contributed by atoms with E-state index >= 15 is 0 Å². The molecule has 0 heterocycles. The lowest BCUT2D eigenvalue weighted by molar-refractivity contribution is -0.147. The van der Waals surface area contributed by atoms with Gasteiger partial charge in [-0.05, 0) is 49.4 Å². The largest absolute Gasteiger partial charge is 0.456 e. The van der Waals surface area contributed by atoms with E-state index in [0.717, 1.165) is 16.0 Å².